The van der Waals surface area contributed by atoms with Gasteiger partial charge in [-0.3, -0.25) is 14.8 Å². The summed E-state index contributed by atoms with van der Waals surface area (Å²) >= 11 is 0. The Balaban J connectivity index is 1.83. The summed E-state index contributed by atoms with van der Waals surface area (Å²) in [5.74, 6) is 0. The molecule has 116 valence electrons. The van der Waals surface area contributed by atoms with Crippen LogP contribution in [-0.4, -0.2) is 53.0 Å². The quantitative estimate of drug-likeness (QED) is 0.921. The number of nitrogens with two attached hydrogens (primary N) is 1. The van der Waals surface area contributed by atoms with Crippen LogP contribution in [0.15, 0.2) is 24.5 Å². The first-order valence-electron chi connectivity index (χ1n) is 8.32. The van der Waals surface area contributed by atoms with Crippen LogP contribution in [0.25, 0.3) is 0 Å². The van der Waals surface area contributed by atoms with Crippen LogP contribution in [0.1, 0.15) is 44.2 Å². The van der Waals surface area contributed by atoms with E-state index in [4.69, 9.17) is 5.73 Å². The number of fused-ring (bicyclic) bond motifs is 2. The molecule has 2 aliphatic rings. The van der Waals surface area contributed by atoms with Crippen LogP contribution < -0.4 is 5.73 Å². The third-order valence-corrected chi connectivity index (χ3v) is 5.50. The normalized spacial score (nSPS) is 30.0. The predicted molar refractivity (Wildman–Crippen MR) is 86.0 cm³/mol. The minimum absolute atomic E-state index is 0.189. The Kier molecular flexibility index (Phi) is 4.57. The van der Waals surface area contributed by atoms with Crippen LogP contribution in [0.5, 0.6) is 0 Å². The second-order valence-corrected chi connectivity index (χ2v) is 6.63. The van der Waals surface area contributed by atoms with Crippen molar-refractivity contribution in [2.24, 2.45) is 5.73 Å². The van der Waals surface area contributed by atoms with Crippen molar-refractivity contribution in [1.82, 2.24) is 14.8 Å². The van der Waals surface area contributed by atoms with Gasteiger partial charge in [0.05, 0.1) is 6.04 Å². The van der Waals surface area contributed by atoms with E-state index in [0.717, 1.165) is 25.6 Å². The summed E-state index contributed by atoms with van der Waals surface area (Å²) in [6, 6.07) is 6.25. The summed E-state index contributed by atoms with van der Waals surface area (Å²) in [4.78, 5) is 9.39. The lowest BCUT2D eigenvalue weighted by Gasteiger charge is -2.36. The number of likely N-dealkylation sites (tertiary alicyclic amines) is 1. The van der Waals surface area contributed by atoms with Gasteiger partial charge in [-0.25, -0.2) is 0 Å². The highest BCUT2D eigenvalue weighted by Crippen LogP contribution is 2.33. The van der Waals surface area contributed by atoms with E-state index in [1.165, 1.54) is 24.8 Å². The SMILES string of the molecule is CCC(N)C(c1ccncc1)N1CCC2CCC(C1)N2C. The summed E-state index contributed by atoms with van der Waals surface area (Å²) in [6.07, 6.45) is 8.76. The fourth-order valence-corrected chi connectivity index (χ4v) is 4.10. The van der Waals surface area contributed by atoms with Crippen molar-refractivity contribution < 1.29 is 0 Å². The van der Waals surface area contributed by atoms with Gasteiger partial charge in [0.1, 0.15) is 0 Å². The summed E-state index contributed by atoms with van der Waals surface area (Å²) < 4.78 is 0. The highest BCUT2D eigenvalue weighted by atomic mass is 15.3. The van der Waals surface area contributed by atoms with E-state index in [-0.39, 0.29) is 6.04 Å². The molecule has 2 aliphatic heterocycles. The van der Waals surface area contributed by atoms with Crippen molar-refractivity contribution in [3.63, 3.8) is 0 Å². The molecule has 1 aromatic rings. The zero-order valence-electron chi connectivity index (χ0n) is 13.3. The standard InChI is InChI=1S/C17H28N4/c1-3-16(18)17(13-6-9-19-10-7-13)21-11-8-14-4-5-15(12-21)20(14)2/h6-7,9-10,14-17H,3-5,8,11-12,18H2,1-2H3. The van der Waals surface area contributed by atoms with Crippen molar-refractivity contribution in [2.45, 2.75) is 56.8 Å². The topological polar surface area (TPSA) is 45.4 Å². The third kappa shape index (κ3) is 2.98. The van der Waals surface area contributed by atoms with Gasteiger partial charge < -0.3 is 5.73 Å². The Bertz CT molecular complexity index is 449. The maximum atomic E-state index is 6.49. The Morgan fingerprint density at radius 3 is 2.67 bits per heavy atom. The molecule has 3 rings (SSSR count). The highest BCUT2D eigenvalue weighted by Gasteiger charge is 2.37. The van der Waals surface area contributed by atoms with Crippen LogP contribution in [0, 0.1) is 0 Å². The van der Waals surface area contributed by atoms with E-state index in [2.05, 4.69) is 40.9 Å². The molecule has 0 saturated carbocycles. The molecular weight excluding hydrogens is 260 g/mol. The maximum absolute atomic E-state index is 6.49. The van der Waals surface area contributed by atoms with Crippen LogP contribution in [-0.2, 0) is 0 Å². The second kappa shape index (κ2) is 6.42. The summed E-state index contributed by atoms with van der Waals surface area (Å²) in [5, 5.41) is 0. The second-order valence-electron chi connectivity index (χ2n) is 6.63. The molecule has 4 atom stereocenters. The van der Waals surface area contributed by atoms with Gasteiger partial charge in [0.25, 0.3) is 0 Å². The predicted octanol–water partition coefficient (Wildman–Crippen LogP) is 2.03. The molecule has 0 amide bonds. The zero-order valence-corrected chi connectivity index (χ0v) is 13.3. The van der Waals surface area contributed by atoms with Gasteiger partial charge in [-0.15, -0.1) is 0 Å². The number of pyridine rings is 1. The van der Waals surface area contributed by atoms with Gasteiger partial charge >= 0.3 is 0 Å². The third-order valence-electron chi connectivity index (χ3n) is 5.50. The number of likely N-dealkylation sites (N-methyl/N-ethyl adjacent to an activating group) is 1. The molecule has 2 saturated heterocycles. The summed E-state index contributed by atoms with van der Waals surface area (Å²) in [6.45, 7) is 4.49. The summed E-state index contributed by atoms with van der Waals surface area (Å²) in [5.41, 5.74) is 7.81. The highest BCUT2D eigenvalue weighted by molar-refractivity contribution is 5.18. The van der Waals surface area contributed by atoms with E-state index in [9.17, 15) is 0 Å². The number of rotatable bonds is 4. The van der Waals surface area contributed by atoms with E-state index >= 15 is 0 Å². The zero-order chi connectivity index (χ0) is 14.8. The van der Waals surface area contributed by atoms with Crippen LogP contribution in [0.3, 0.4) is 0 Å². The van der Waals surface area contributed by atoms with E-state index in [1.54, 1.807) is 0 Å². The molecule has 4 unspecified atom stereocenters. The van der Waals surface area contributed by atoms with Crippen LogP contribution in [0.2, 0.25) is 0 Å². The molecule has 1 aromatic heterocycles. The van der Waals surface area contributed by atoms with Crippen molar-refractivity contribution in [2.75, 3.05) is 20.1 Å². The lowest BCUT2D eigenvalue weighted by atomic mass is 9.95. The monoisotopic (exact) mass is 288 g/mol. The first kappa shape index (κ1) is 14.9. The Hall–Kier alpha value is -0.970. The fraction of sp³-hybridized carbons (Fsp3) is 0.706. The molecule has 2 N–H and O–H groups in total. The molecule has 2 bridgehead atoms. The van der Waals surface area contributed by atoms with Gasteiger partial charge in [-0.1, -0.05) is 6.92 Å². The first-order valence-corrected chi connectivity index (χ1v) is 8.32. The van der Waals surface area contributed by atoms with E-state index in [1.807, 2.05) is 12.4 Å². The average Bonchev–Trinajstić information content (AvgIpc) is 2.76. The average molecular weight is 288 g/mol. The van der Waals surface area contributed by atoms with Crippen molar-refractivity contribution >= 4 is 0 Å². The van der Waals surface area contributed by atoms with Crippen molar-refractivity contribution in [1.29, 1.82) is 0 Å². The number of hydrogen-bond acceptors (Lipinski definition) is 4. The molecule has 0 aromatic carbocycles. The Labute approximate surface area is 128 Å². The molecule has 2 fully saturated rings. The minimum Gasteiger partial charge on any atom is -0.326 e. The Morgan fingerprint density at radius 2 is 1.95 bits per heavy atom. The van der Waals surface area contributed by atoms with Gasteiger partial charge in [-0.2, -0.15) is 0 Å². The lowest BCUT2D eigenvalue weighted by molar-refractivity contribution is 0.150. The number of hydrogen-bond donors (Lipinski definition) is 1. The molecule has 0 radical (unpaired) electrons. The largest absolute Gasteiger partial charge is 0.326 e. The molecule has 4 nitrogen and oxygen atoms in total. The number of aromatic nitrogens is 1. The molecule has 21 heavy (non-hydrogen) atoms. The van der Waals surface area contributed by atoms with Crippen LogP contribution in [0.4, 0.5) is 0 Å². The number of nitrogens with zero attached hydrogens (tertiary/aromatic N) is 3. The van der Waals surface area contributed by atoms with Gasteiger partial charge in [0.15, 0.2) is 0 Å². The molecule has 0 aliphatic carbocycles. The molecular formula is C17H28N4. The van der Waals surface area contributed by atoms with Gasteiger partial charge in [0.2, 0.25) is 0 Å². The van der Waals surface area contributed by atoms with E-state index < -0.39 is 0 Å². The lowest BCUT2D eigenvalue weighted by Crippen LogP contribution is -2.45. The fourth-order valence-electron chi connectivity index (χ4n) is 4.10. The molecule has 3 heterocycles. The maximum Gasteiger partial charge on any atom is 0.0500 e. The Morgan fingerprint density at radius 1 is 1.24 bits per heavy atom. The van der Waals surface area contributed by atoms with Crippen molar-refractivity contribution in [3.8, 4) is 0 Å². The van der Waals surface area contributed by atoms with Gasteiger partial charge in [-0.05, 0) is 50.4 Å². The van der Waals surface area contributed by atoms with Gasteiger partial charge in [0, 0.05) is 43.6 Å². The molecule has 0 spiro atoms. The van der Waals surface area contributed by atoms with E-state index in [0.29, 0.717) is 12.1 Å². The minimum atomic E-state index is 0.189. The summed E-state index contributed by atoms with van der Waals surface area (Å²) in [7, 11) is 2.30. The molecule has 4 heteroatoms. The first-order chi connectivity index (χ1) is 10.2. The smallest absolute Gasteiger partial charge is 0.0500 e. The van der Waals surface area contributed by atoms with Crippen molar-refractivity contribution in [3.05, 3.63) is 30.1 Å². The van der Waals surface area contributed by atoms with Crippen LogP contribution >= 0.6 is 0 Å².